The summed E-state index contributed by atoms with van der Waals surface area (Å²) in [6.45, 7) is 2.03. The fourth-order valence-electron chi connectivity index (χ4n) is 1.89. The van der Waals surface area contributed by atoms with E-state index in [4.69, 9.17) is 15.6 Å². The maximum Gasteiger partial charge on any atom is 0.354 e. The standard InChI is InChI=1S/C14H15N3O3/c1-3-8-4-5-12(20-2)9(6-8)10-7-11(13(18)19)17-14(15)16-10/h4-7H,3H2,1-2H3,(H,18,19)(H2,15,16,17). The van der Waals surface area contributed by atoms with Gasteiger partial charge in [-0.25, -0.2) is 14.8 Å². The zero-order valence-electron chi connectivity index (χ0n) is 11.3. The van der Waals surface area contributed by atoms with Crippen molar-refractivity contribution in [3.63, 3.8) is 0 Å². The molecule has 1 aromatic carbocycles. The van der Waals surface area contributed by atoms with E-state index in [1.165, 1.54) is 6.07 Å². The van der Waals surface area contributed by atoms with Gasteiger partial charge in [-0.2, -0.15) is 0 Å². The predicted octanol–water partition coefficient (Wildman–Crippen LogP) is 1.99. The maximum absolute atomic E-state index is 11.0. The van der Waals surface area contributed by atoms with Crippen LogP contribution in [0.15, 0.2) is 24.3 Å². The van der Waals surface area contributed by atoms with Crippen LogP contribution >= 0.6 is 0 Å². The van der Waals surface area contributed by atoms with Crippen molar-refractivity contribution in [2.75, 3.05) is 12.8 Å². The monoisotopic (exact) mass is 273 g/mol. The molecular formula is C14H15N3O3. The van der Waals surface area contributed by atoms with E-state index < -0.39 is 5.97 Å². The third-order valence-corrected chi connectivity index (χ3v) is 2.91. The third kappa shape index (κ3) is 2.69. The Morgan fingerprint density at radius 3 is 2.70 bits per heavy atom. The molecule has 3 N–H and O–H groups in total. The molecule has 6 nitrogen and oxygen atoms in total. The number of carboxylic acid groups (broad SMARTS) is 1. The number of nitrogens with zero attached hydrogens (tertiary/aromatic N) is 2. The number of aromatic nitrogens is 2. The minimum Gasteiger partial charge on any atom is -0.496 e. The summed E-state index contributed by atoms with van der Waals surface area (Å²) in [5.41, 5.74) is 7.65. The van der Waals surface area contributed by atoms with Crippen molar-refractivity contribution in [3.05, 3.63) is 35.5 Å². The Morgan fingerprint density at radius 1 is 1.35 bits per heavy atom. The number of hydrogen-bond donors (Lipinski definition) is 2. The zero-order valence-corrected chi connectivity index (χ0v) is 11.3. The summed E-state index contributed by atoms with van der Waals surface area (Å²) in [5, 5.41) is 9.03. The molecule has 0 aliphatic carbocycles. The molecule has 0 fully saturated rings. The summed E-state index contributed by atoms with van der Waals surface area (Å²) in [7, 11) is 1.55. The molecule has 0 saturated carbocycles. The van der Waals surface area contributed by atoms with E-state index in [0.717, 1.165) is 12.0 Å². The number of anilines is 1. The van der Waals surface area contributed by atoms with E-state index in [-0.39, 0.29) is 11.6 Å². The Bertz CT molecular complexity index is 656. The summed E-state index contributed by atoms with van der Waals surface area (Å²) >= 11 is 0. The lowest BCUT2D eigenvalue weighted by Gasteiger charge is -2.10. The van der Waals surface area contributed by atoms with E-state index in [9.17, 15) is 4.79 Å². The first-order valence-electron chi connectivity index (χ1n) is 6.10. The summed E-state index contributed by atoms with van der Waals surface area (Å²) < 4.78 is 5.29. The quantitative estimate of drug-likeness (QED) is 0.884. The van der Waals surface area contributed by atoms with Crippen molar-refractivity contribution in [2.45, 2.75) is 13.3 Å². The van der Waals surface area contributed by atoms with Crippen molar-refractivity contribution in [1.82, 2.24) is 9.97 Å². The summed E-state index contributed by atoms with van der Waals surface area (Å²) in [6.07, 6.45) is 0.851. The lowest BCUT2D eigenvalue weighted by molar-refractivity contribution is 0.0690. The van der Waals surface area contributed by atoms with Gasteiger partial charge in [-0.1, -0.05) is 13.0 Å². The lowest BCUT2D eigenvalue weighted by atomic mass is 10.0. The van der Waals surface area contributed by atoms with Gasteiger partial charge in [0.1, 0.15) is 5.75 Å². The van der Waals surface area contributed by atoms with Gasteiger partial charge in [-0.15, -0.1) is 0 Å². The first kappa shape index (κ1) is 13.8. The molecule has 0 spiro atoms. The molecule has 0 aliphatic heterocycles. The van der Waals surface area contributed by atoms with Crippen LogP contribution < -0.4 is 10.5 Å². The Balaban J connectivity index is 2.63. The molecule has 6 heteroatoms. The molecule has 0 unspecified atom stereocenters. The van der Waals surface area contributed by atoms with Gasteiger partial charge in [0.2, 0.25) is 5.95 Å². The second-order valence-electron chi connectivity index (χ2n) is 4.19. The zero-order chi connectivity index (χ0) is 14.7. The average molecular weight is 273 g/mol. The number of nitrogens with two attached hydrogens (primary N) is 1. The SMILES string of the molecule is CCc1ccc(OC)c(-c2cc(C(=O)O)nc(N)n2)c1. The van der Waals surface area contributed by atoms with E-state index in [1.807, 2.05) is 25.1 Å². The summed E-state index contributed by atoms with van der Waals surface area (Å²) in [4.78, 5) is 18.8. The van der Waals surface area contributed by atoms with E-state index in [0.29, 0.717) is 17.0 Å². The Labute approximate surface area is 116 Å². The highest BCUT2D eigenvalue weighted by molar-refractivity contribution is 5.87. The number of carbonyl (C=O) groups is 1. The predicted molar refractivity (Wildman–Crippen MR) is 74.8 cm³/mol. The first-order chi connectivity index (χ1) is 9.55. The van der Waals surface area contributed by atoms with Crippen molar-refractivity contribution >= 4 is 11.9 Å². The first-order valence-corrected chi connectivity index (χ1v) is 6.10. The van der Waals surface area contributed by atoms with Crippen LogP contribution in [0.4, 0.5) is 5.95 Å². The van der Waals surface area contributed by atoms with Crippen LogP contribution in [-0.2, 0) is 6.42 Å². The molecule has 20 heavy (non-hydrogen) atoms. The van der Waals surface area contributed by atoms with Gasteiger partial charge in [-0.3, -0.25) is 0 Å². The molecule has 0 aliphatic rings. The number of ether oxygens (including phenoxy) is 1. The maximum atomic E-state index is 11.0. The molecule has 1 heterocycles. The number of aryl methyl sites for hydroxylation is 1. The summed E-state index contributed by atoms with van der Waals surface area (Å²) in [5.74, 6) is -0.619. The molecular weight excluding hydrogens is 258 g/mol. The minimum atomic E-state index is -1.15. The molecule has 2 aromatic rings. The number of carboxylic acids is 1. The smallest absolute Gasteiger partial charge is 0.354 e. The molecule has 0 atom stereocenters. The molecule has 2 rings (SSSR count). The van der Waals surface area contributed by atoms with Gasteiger partial charge in [0.05, 0.1) is 12.8 Å². The number of hydrogen-bond acceptors (Lipinski definition) is 5. The van der Waals surface area contributed by atoms with Gasteiger partial charge in [-0.05, 0) is 30.2 Å². The van der Waals surface area contributed by atoms with Crippen molar-refractivity contribution in [3.8, 4) is 17.0 Å². The van der Waals surface area contributed by atoms with Crippen LogP contribution in [0.1, 0.15) is 23.0 Å². The van der Waals surface area contributed by atoms with Gasteiger partial charge in [0, 0.05) is 5.56 Å². The topological polar surface area (TPSA) is 98.3 Å². The highest BCUT2D eigenvalue weighted by Gasteiger charge is 2.14. The fourth-order valence-corrected chi connectivity index (χ4v) is 1.89. The molecule has 0 saturated heterocycles. The van der Waals surface area contributed by atoms with Crippen LogP contribution in [-0.4, -0.2) is 28.2 Å². The van der Waals surface area contributed by atoms with Crippen molar-refractivity contribution in [1.29, 1.82) is 0 Å². The van der Waals surface area contributed by atoms with Crippen LogP contribution in [0.5, 0.6) is 5.75 Å². The second kappa shape index (κ2) is 5.56. The lowest BCUT2D eigenvalue weighted by Crippen LogP contribution is -2.06. The summed E-state index contributed by atoms with van der Waals surface area (Å²) in [6, 6.07) is 7.07. The number of methoxy groups -OCH3 is 1. The van der Waals surface area contributed by atoms with E-state index in [2.05, 4.69) is 9.97 Å². The normalized spacial score (nSPS) is 10.3. The number of aromatic carboxylic acids is 1. The number of nitrogen functional groups attached to an aromatic ring is 1. The van der Waals surface area contributed by atoms with Crippen molar-refractivity contribution in [2.24, 2.45) is 0 Å². The number of rotatable bonds is 4. The fraction of sp³-hybridized carbons (Fsp3) is 0.214. The molecule has 0 amide bonds. The van der Waals surface area contributed by atoms with Gasteiger partial charge in [0.25, 0.3) is 0 Å². The molecule has 0 radical (unpaired) electrons. The Hall–Kier alpha value is -2.63. The van der Waals surface area contributed by atoms with E-state index in [1.54, 1.807) is 7.11 Å². The second-order valence-corrected chi connectivity index (χ2v) is 4.19. The third-order valence-electron chi connectivity index (χ3n) is 2.91. The van der Waals surface area contributed by atoms with Gasteiger partial charge in [0.15, 0.2) is 5.69 Å². The van der Waals surface area contributed by atoms with Crippen LogP contribution in [0.25, 0.3) is 11.3 Å². The van der Waals surface area contributed by atoms with Crippen LogP contribution in [0.2, 0.25) is 0 Å². The average Bonchev–Trinajstić information content (AvgIpc) is 2.45. The largest absolute Gasteiger partial charge is 0.496 e. The van der Waals surface area contributed by atoms with Crippen molar-refractivity contribution < 1.29 is 14.6 Å². The van der Waals surface area contributed by atoms with Crippen LogP contribution in [0, 0.1) is 0 Å². The van der Waals surface area contributed by atoms with Crippen LogP contribution in [0.3, 0.4) is 0 Å². The number of benzene rings is 1. The molecule has 0 bridgehead atoms. The molecule has 104 valence electrons. The Morgan fingerprint density at radius 2 is 2.10 bits per heavy atom. The van der Waals surface area contributed by atoms with E-state index >= 15 is 0 Å². The molecule has 1 aromatic heterocycles. The highest BCUT2D eigenvalue weighted by Crippen LogP contribution is 2.30. The Kier molecular flexibility index (Phi) is 3.84. The van der Waals surface area contributed by atoms with Gasteiger partial charge < -0.3 is 15.6 Å². The highest BCUT2D eigenvalue weighted by atomic mass is 16.5. The minimum absolute atomic E-state index is 0.0798. The van der Waals surface area contributed by atoms with Gasteiger partial charge >= 0.3 is 5.97 Å².